The van der Waals surface area contributed by atoms with E-state index in [0.29, 0.717) is 28.3 Å². The number of fused-ring (bicyclic) bond motifs is 1. The third-order valence-corrected chi connectivity index (χ3v) is 5.47. The Morgan fingerprint density at radius 3 is 2.19 bits per heavy atom. The molecule has 156 valence electrons. The van der Waals surface area contributed by atoms with Crippen LogP contribution in [-0.4, -0.2) is 18.6 Å². The molecule has 3 aromatic rings. The van der Waals surface area contributed by atoms with Gasteiger partial charge in [-0.3, -0.25) is 9.59 Å². The molecule has 4 rings (SSSR count). The van der Waals surface area contributed by atoms with Gasteiger partial charge in [0.1, 0.15) is 5.70 Å². The van der Waals surface area contributed by atoms with Gasteiger partial charge in [-0.1, -0.05) is 37.9 Å². The van der Waals surface area contributed by atoms with E-state index in [1.54, 1.807) is 60.7 Å². The van der Waals surface area contributed by atoms with E-state index < -0.39 is 11.8 Å². The van der Waals surface area contributed by atoms with Gasteiger partial charge in [-0.15, -0.1) is 0 Å². The van der Waals surface area contributed by atoms with Crippen LogP contribution < -0.4 is 20.1 Å². The van der Waals surface area contributed by atoms with Crippen LogP contribution in [0.1, 0.15) is 15.9 Å². The highest BCUT2D eigenvalue weighted by Crippen LogP contribution is 2.33. The monoisotopic (exact) mass is 542 g/mol. The number of carbonyl (C=O) groups excluding carboxylic acids is 2. The largest absolute Gasteiger partial charge is 0.454 e. The second kappa shape index (κ2) is 9.36. The highest BCUT2D eigenvalue weighted by atomic mass is 79.9. The summed E-state index contributed by atoms with van der Waals surface area (Å²) >= 11 is 6.71. The van der Waals surface area contributed by atoms with Crippen molar-refractivity contribution in [3.63, 3.8) is 0 Å². The van der Waals surface area contributed by atoms with E-state index in [9.17, 15) is 9.59 Å². The number of amides is 2. The molecule has 2 amide bonds. The molecule has 0 bridgehead atoms. The zero-order chi connectivity index (χ0) is 21.8. The Hall–Kier alpha value is -3.10. The first-order valence-corrected chi connectivity index (χ1v) is 10.8. The van der Waals surface area contributed by atoms with Crippen LogP contribution in [-0.2, 0) is 4.79 Å². The Balaban J connectivity index is 1.62. The first-order valence-electron chi connectivity index (χ1n) is 9.23. The number of nitrogens with one attached hydrogen (secondary N) is 2. The van der Waals surface area contributed by atoms with Crippen molar-refractivity contribution >= 4 is 55.4 Å². The summed E-state index contributed by atoms with van der Waals surface area (Å²) in [6.45, 7) is 0.152. The van der Waals surface area contributed by atoms with Crippen molar-refractivity contribution in [2.45, 2.75) is 0 Å². The number of carbonyl (C=O) groups is 2. The SMILES string of the molecule is O=C(Nc1ccc(Br)cc1)/C(=C/c1ccc2c(c1)OCO2)NC(=O)c1ccc(Br)cc1. The number of anilines is 1. The topological polar surface area (TPSA) is 76.7 Å². The minimum Gasteiger partial charge on any atom is -0.454 e. The average molecular weight is 544 g/mol. The summed E-state index contributed by atoms with van der Waals surface area (Å²) in [6, 6.07) is 19.3. The van der Waals surface area contributed by atoms with Gasteiger partial charge in [0.25, 0.3) is 11.8 Å². The van der Waals surface area contributed by atoms with E-state index in [1.165, 1.54) is 0 Å². The lowest BCUT2D eigenvalue weighted by Crippen LogP contribution is -2.30. The number of ether oxygens (including phenoxy) is 2. The zero-order valence-corrected chi connectivity index (χ0v) is 19.2. The lowest BCUT2D eigenvalue weighted by molar-refractivity contribution is -0.113. The summed E-state index contributed by atoms with van der Waals surface area (Å²) in [7, 11) is 0. The molecule has 8 heteroatoms. The summed E-state index contributed by atoms with van der Waals surface area (Å²) in [5.74, 6) is 0.369. The third-order valence-electron chi connectivity index (χ3n) is 4.41. The van der Waals surface area contributed by atoms with Crippen molar-refractivity contribution in [1.29, 1.82) is 0 Å². The quantitative estimate of drug-likeness (QED) is 0.425. The maximum absolute atomic E-state index is 13.0. The van der Waals surface area contributed by atoms with Gasteiger partial charge in [-0.2, -0.15) is 0 Å². The molecule has 0 saturated heterocycles. The van der Waals surface area contributed by atoms with Crippen LogP contribution in [0.5, 0.6) is 11.5 Å². The van der Waals surface area contributed by atoms with Crippen molar-refractivity contribution < 1.29 is 19.1 Å². The van der Waals surface area contributed by atoms with Crippen LogP contribution in [0, 0.1) is 0 Å². The van der Waals surface area contributed by atoms with Gasteiger partial charge in [0.2, 0.25) is 6.79 Å². The van der Waals surface area contributed by atoms with Gasteiger partial charge in [-0.25, -0.2) is 0 Å². The molecule has 0 fully saturated rings. The van der Waals surface area contributed by atoms with Crippen molar-refractivity contribution in [2.24, 2.45) is 0 Å². The molecule has 0 radical (unpaired) electrons. The fourth-order valence-corrected chi connectivity index (χ4v) is 3.38. The Labute approximate surface area is 195 Å². The van der Waals surface area contributed by atoms with Crippen molar-refractivity contribution in [1.82, 2.24) is 5.32 Å². The maximum Gasteiger partial charge on any atom is 0.272 e. The lowest BCUT2D eigenvalue weighted by atomic mass is 10.1. The predicted octanol–water partition coefficient (Wildman–Crippen LogP) is 5.35. The van der Waals surface area contributed by atoms with Crippen LogP contribution in [0.3, 0.4) is 0 Å². The van der Waals surface area contributed by atoms with E-state index in [1.807, 2.05) is 12.1 Å². The molecule has 0 saturated carbocycles. The summed E-state index contributed by atoms with van der Waals surface area (Å²) in [6.07, 6.45) is 1.59. The van der Waals surface area contributed by atoms with Crippen LogP contribution in [0.15, 0.2) is 81.4 Å². The van der Waals surface area contributed by atoms with E-state index in [4.69, 9.17) is 9.47 Å². The Kier molecular flexibility index (Phi) is 6.39. The van der Waals surface area contributed by atoms with Gasteiger partial charge in [0, 0.05) is 20.2 Å². The van der Waals surface area contributed by atoms with Gasteiger partial charge >= 0.3 is 0 Å². The van der Waals surface area contributed by atoms with Crippen molar-refractivity contribution in [3.05, 3.63) is 92.5 Å². The first kappa shape index (κ1) is 21.1. The van der Waals surface area contributed by atoms with E-state index in [2.05, 4.69) is 42.5 Å². The molecule has 6 nitrogen and oxygen atoms in total. The predicted molar refractivity (Wildman–Crippen MR) is 125 cm³/mol. The Bertz CT molecular complexity index is 1160. The number of hydrogen-bond acceptors (Lipinski definition) is 4. The normalized spacial score (nSPS) is 12.4. The molecule has 31 heavy (non-hydrogen) atoms. The highest BCUT2D eigenvalue weighted by molar-refractivity contribution is 9.10. The molecular weight excluding hydrogens is 528 g/mol. The Morgan fingerprint density at radius 2 is 1.48 bits per heavy atom. The summed E-state index contributed by atoms with van der Waals surface area (Å²) < 4.78 is 12.5. The van der Waals surface area contributed by atoms with Gasteiger partial charge in [0.15, 0.2) is 11.5 Å². The molecule has 0 aliphatic carbocycles. The summed E-state index contributed by atoms with van der Waals surface area (Å²) in [5, 5.41) is 5.52. The van der Waals surface area contributed by atoms with E-state index in [-0.39, 0.29) is 12.5 Å². The number of hydrogen-bond donors (Lipinski definition) is 2. The van der Waals surface area contributed by atoms with Crippen molar-refractivity contribution in [3.8, 4) is 11.5 Å². The van der Waals surface area contributed by atoms with Gasteiger partial charge < -0.3 is 20.1 Å². The number of rotatable bonds is 5. The minimum atomic E-state index is -0.453. The Morgan fingerprint density at radius 1 is 0.839 bits per heavy atom. The number of halogens is 2. The minimum absolute atomic E-state index is 0.0923. The van der Waals surface area contributed by atoms with E-state index >= 15 is 0 Å². The third kappa shape index (κ3) is 5.34. The fraction of sp³-hybridized carbons (Fsp3) is 0.0435. The molecule has 0 spiro atoms. The molecule has 2 N–H and O–H groups in total. The highest BCUT2D eigenvalue weighted by Gasteiger charge is 2.17. The zero-order valence-electron chi connectivity index (χ0n) is 16.0. The maximum atomic E-state index is 13.0. The standard InChI is InChI=1S/C23H16Br2N2O4/c24-16-4-2-15(3-5-16)22(28)27-19(23(29)26-18-8-6-17(25)7-9-18)11-14-1-10-20-21(12-14)31-13-30-20/h1-12H,13H2,(H,26,29)(H,27,28)/b19-11-. The van der Waals surface area contributed by atoms with Crippen LogP contribution in [0.2, 0.25) is 0 Å². The molecule has 1 aliphatic heterocycles. The summed E-state index contributed by atoms with van der Waals surface area (Å²) in [5.41, 5.74) is 1.80. The van der Waals surface area contributed by atoms with Crippen LogP contribution >= 0.6 is 31.9 Å². The van der Waals surface area contributed by atoms with Crippen LogP contribution in [0.4, 0.5) is 5.69 Å². The lowest BCUT2D eigenvalue weighted by Gasteiger charge is -2.12. The molecule has 0 aromatic heterocycles. The number of benzene rings is 3. The van der Waals surface area contributed by atoms with Crippen LogP contribution in [0.25, 0.3) is 6.08 Å². The molecule has 1 aliphatic rings. The second-order valence-electron chi connectivity index (χ2n) is 6.59. The smallest absolute Gasteiger partial charge is 0.272 e. The van der Waals surface area contributed by atoms with Crippen molar-refractivity contribution in [2.75, 3.05) is 12.1 Å². The summed E-state index contributed by atoms with van der Waals surface area (Å²) in [4.78, 5) is 25.7. The van der Waals surface area contributed by atoms with E-state index in [0.717, 1.165) is 8.95 Å². The second-order valence-corrected chi connectivity index (χ2v) is 8.42. The molecule has 3 aromatic carbocycles. The average Bonchev–Trinajstić information content (AvgIpc) is 3.23. The molecule has 0 unspecified atom stereocenters. The first-order chi connectivity index (χ1) is 15.0. The molecule has 0 atom stereocenters. The molecular formula is C23H16Br2N2O4. The fourth-order valence-electron chi connectivity index (χ4n) is 2.86. The van der Waals surface area contributed by atoms with Gasteiger partial charge in [-0.05, 0) is 72.3 Å². The van der Waals surface area contributed by atoms with Gasteiger partial charge in [0.05, 0.1) is 0 Å². The molecule has 1 heterocycles.